The second-order valence-electron chi connectivity index (χ2n) is 9.77. The highest BCUT2D eigenvalue weighted by molar-refractivity contribution is 7.98. The number of hydrogen-bond acceptors (Lipinski definition) is 6. The Hall–Kier alpha value is -3.23. The molecular formula is C28H24Cl2F3N3O5S2. The number of ether oxygens (including phenoxy) is 1. The van der Waals surface area contributed by atoms with Gasteiger partial charge in [0.05, 0.1) is 34.7 Å². The summed E-state index contributed by atoms with van der Waals surface area (Å²) < 4.78 is 81.7. The normalized spacial score (nSPS) is 11.9. The van der Waals surface area contributed by atoms with Gasteiger partial charge in [0.25, 0.3) is 16.0 Å². The largest absolute Gasteiger partial charge is 0.494 e. The van der Waals surface area contributed by atoms with Crippen LogP contribution in [-0.4, -0.2) is 41.4 Å². The van der Waals surface area contributed by atoms with Gasteiger partial charge in [0.2, 0.25) is 0 Å². The summed E-state index contributed by atoms with van der Waals surface area (Å²) in [6.45, 7) is 3.83. The van der Waals surface area contributed by atoms with E-state index in [-0.39, 0.29) is 17.1 Å². The number of rotatable bonds is 10. The van der Waals surface area contributed by atoms with E-state index >= 15 is 0 Å². The molecule has 4 aromatic rings. The summed E-state index contributed by atoms with van der Waals surface area (Å²) in [5.74, 6) is -5.19. The van der Waals surface area contributed by atoms with Crippen molar-refractivity contribution >= 4 is 51.0 Å². The topological polar surface area (TPSA) is 111 Å². The molecule has 0 radical (unpaired) electrons. The van der Waals surface area contributed by atoms with Gasteiger partial charge in [-0.15, -0.1) is 0 Å². The summed E-state index contributed by atoms with van der Waals surface area (Å²) in [6.07, 6.45) is 1.59. The number of hydrogen-bond donors (Lipinski definition) is 2. The van der Waals surface area contributed by atoms with Crippen LogP contribution in [0.4, 0.5) is 13.2 Å². The van der Waals surface area contributed by atoms with E-state index in [1.165, 1.54) is 25.3 Å². The van der Waals surface area contributed by atoms with Crippen molar-refractivity contribution in [3.8, 4) is 11.4 Å². The van der Waals surface area contributed by atoms with E-state index in [1.807, 2.05) is 25.2 Å². The maximum absolute atomic E-state index is 15.0. The molecule has 0 spiro atoms. The second kappa shape index (κ2) is 12.8. The number of methoxy groups -OCH3 is 1. The lowest BCUT2D eigenvalue weighted by Crippen LogP contribution is -2.29. The third kappa shape index (κ3) is 7.29. The fourth-order valence-electron chi connectivity index (χ4n) is 4.21. The predicted molar refractivity (Wildman–Crippen MR) is 158 cm³/mol. The van der Waals surface area contributed by atoms with Gasteiger partial charge in [-0.25, -0.2) is 18.2 Å². The van der Waals surface area contributed by atoms with E-state index in [0.717, 1.165) is 29.5 Å². The molecule has 228 valence electrons. The van der Waals surface area contributed by atoms with Crippen molar-refractivity contribution in [3.05, 3.63) is 105 Å². The highest BCUT2D eigenvalue weighted by atomic mass is 35.5. The van der Waals surface area contributed by atoms with Gasteiger partial charge in [0.1, 0.15) is 17.5 Å². The van der Waals surface area contributed by atoms with Crippen LogP contribution in [0.2, 0.25) is 10.0 Å². The fraction of sp³-hybridized carbons (Fsp3) is 0.214. The number of nitrogens with one attached hydrogen (secondary N) is 1. The molecule has 15 heteroatoms. The summed E-state index contributed by atoms with van der Waals surface area (Å²) in [6, 6.07) is 10.9. The van der Waals surface area contributed by atoms with Gasteiger partial charge in [-0.05, 0) is 42.0 Å². The van der Waals surface area contributed by atoms with Crippen LogP contribution in [0.25, 0.3) is 5.69 Å². The van der Waals surface area contributed by atoms with Gasteiger partial charge in [-0.3, -0.25) is 13.9 Å². The number of carbonyl (C=O) groups excluding carboxylic acids is 1. The molecule has 1 aromatic heterocycles. The minimum absolute atomic E-state index is 0.0274. The molecule has 3 aromatic carbocycles. The zero-order valence-corrected chi connectivity index (χ0v) is 25.9. The number of halogens is 5. The molecule has 0 aliphatic rings. The molecule has 1 heterocycles. The molecule has 0 fully saturated rings. The van der Waals surface area contributed by atoms with Gasteiger partial charge in [0, 0.05) is 28.4 Å². The van der Waals surface area contributed by atoms with Crippen LogP contribution in [0.3, 0.4) is 0 Å². The van der Waals surface area contributed by atoms with E-state index in [9.17, 15) is 26.4 Å². The van der Waals surface area contributed by atoms with Crippen LogP contribution >= 0.6 is 35.0 Å². The van der Waals surface area contributed by atoms with Crippen molar-refractivity contribution < 1.29 is 35.7 Å². The fourth-order valence-corrected chi connectivity index (χ4v) is 5.84. The standard InChI is InChI=1S/C28H24Cl2F3N3O5S2/c1-28(2,16-4-6-19(29)20(30)10-16)25-12-34-27(36(25)17-5-7-21(31)24(11-17)41-3)42-13-18-22(32)8-15(9-23(18)33)26(37)35-14-43(38,39)40/h4-12H,13-14H2,1-3H3,(H,35,37)(H,38,39,40). The average molecular weight is 675 g/mol. The molecule has 0 unspecified atom stereocenters. The lowest BCUT2D eigenvalue weighted by atomic mass is 9.81. The molecule has 0 atom stereocenters. The first-order valence-electron chi connectivity index (χ1n) is 12.3. The van der Waals surface area contributed by atoms with Crippen molar-refractivity contribution in [3.63, 3.8) is 0 Å². The van der Waals surface area contributed by atoms with E-state index in [2.05, 4.69) is 4.98 Å². The van der Waals surface area contributed by atoms with Gasteiger partial charge in [-0.1, -0.05) is 54.9 Å². The first kappa shape index (κ1) is 32.7. The Morgan fingerprint density at radius 2 is 1.72 bits per heavy atom. The Balaban J connectivity index is 1.73. The van der Waals surface area contributed by atoms with E-state index in [1.54, 1.807) is 22.9 Å². The van der Waals surface area contributed by atoms with E-state index in [0.29, 0.717) is 26.6 Å². The number of carbonyl (C=O) groups is 1. The molecule has 43 heavy (non-hydrogen) atoms. The van der Waals surface area contributed by atoms with Gasteiger partial charge in [-0.2, -0.15) is 8.42 Å². The van der Waals surface area contributed by atoms with Crippen LogP contribution in [0.15, 0.2) is 59.9 Å². The molecule has 8 nitrogen and oxygen atoms in total. The molecule has 2 N–H and O–H groups in total. The van der Waals surface area contributed by atoms with Crippen molar-refractivity contribution in [2.24, 2.45) is 0 Å². The van der Waals surface area contributed by atoms with E-state index in [4.69, 9.17) is 32.5 Å². The Morgan fingerprint density at radius 3 is 2.33 bits per heavy atom. The lowest BCUT2D eigenvalue weighted by molar-refractivity contribution is 0.0958. The molecule has 0 saturated heterocycles. The average Bonchev–Trinajstić information content (AvgIpc) is 3.37. The number of amides is 1. The van der Waals surface area contributed by atoms with E-state index < -0.39 is 50.3 Å². The molecule has 0 saturated carbocycles. The van der Waals surface area contributed by atoms with Crippen LogP contribution in [0.5, 0.6) is 5.75 Å². The predicted octanol–water partition coefficient (Wildman–Crippen LogP) is 6.80. The SMILES string of the molecule is COc1cc(-n2c(C(C)(C)c3ccc(Cl)c(Cl)c3)cnc2SCc2c(F)cc(C(=O)NCS(=O)(=O)O)cc2F)ccc1F. The third-order valence-corrected chi connectivity index (χ3v) is 8.80. The molecular weight excluding hydrogens is 650 g/mol. The Labute approximate surface area is 259 Å². The van der Waals surface area contributed by atoms with Crippen LogP contribution in [-0.2, 0) is 21.3 Å². The van der Waals surface area contributed by atoms with Crippen molar-refractivity contribution in [1.82, 2.24) is 14.9 Å². The smallest absolute Gasteiger partial charge is 0.283 e. The Kier molecular flexibility index (Phi) is 9.72. The molecule has 0 bridgehead atoms. The highest BCUT2D eigenvalue weighted by Crippen LogP contribution is 2.39. The minimum atomic E-state index is -4.53. The molecule has 4 rings (SSSR count). The summed E-state index contributed by atoms with van der Waals surface area (Å²) in [4.78, 5) is 16.6. The lowest BCUT2D eigenvalue weighted by Gasteiger charge is -2.28. The van der Waals surface area contributed by atoms with Crippen molar-refractivity contribution in [2.45, 2.75) is 30.2 Å². The molecule has 0 aliphatic carbocycles. The highest BCUT2D eigenvalue weighted by Gasteiger charge is 2.30. The summed E-state index contributed by atoms with van der Waals surface area (Å²) in [7, 11) is -3.21. The maximum atomic E-state index is 15.0. The third-order valence-electron chi connectivity index (χ3n) is 6.57. The second-order valence-corrected chi connectivity index (χ2v) is 13.0. The zero-order chi connectivity index (χ0) is 31.7. The Bertz CT molecular complexity index is 1790. The number of imidazole rings is 1. The van der Waals surface area contributed by atoms with Crippen molar-refractivity contribution in [2.75, 3.05) is 13.0 Å². The maximum Gasteiger partial charge on any atom is 0.283 e. The van der Waals surface area contributed by atoms with Crippen molar-refractivity contribution in [1.29, 1.82) is 0 Å². The summed E-state index contributed by atoms with van der Waals surface area (Å²) in [5.41, 5.74) is 0.302. The zero-order valence-electron chi connectivity index (χ0n) is 22.8. The first-order valence-corrected chi connectivity index (χ1v) is 15.7. The number of benzene rings is 3. The number of thioether (sulfide) groups is 1. The minimum Gasteiger partial charge on any atom is -0.494 e. The quantitative estimate of drug-likeness (QED) is 0.141. The van der Waals surface area contributed by atoms with Crippen LogP contribution in [0.1, 0.15) is 41.0 Å². The van der Waals surface area contributed by atoms with Gasteiger partial charge in [0.15, 0.2) is 16.7 Å². The van der Waals surface area contributed by atoms with Gasteiger partial charge < -0.3 is 10.1 Å². The van der Waals surface area contributed by atoms with Gasteiger partial charge >= 0.3 is 0 Å². The summed E-state index contributed by atoms with van der Waals surface area (Å²) in [5, 5.41) is 2.90. The first-order chi connectivity index (χ1) is 20.1. The van der Waals surface area contributed by atoms with Crippen LogP contribution in [0, 0.1) is 17.5 Å². The molecule has 1 amide bonds. The number of aromatic nitrogens is 2. The molecule has 0 aliphatic heterocycles. The Morgan fingerprint density at radius 1 is 1.05 bits per heavy atom. The van der Waals surface area contributed by atoms with Crippen LogP contribution < -0.4 is 10.1 Å². The number of nitrogens with zero attached hydrogens (tertiary/aromatic N) is 2. The monoisotopic (exact) mass is 673 g/mol. The summed E-state index contributed by atoms with van der Waals surface area (Å²) >= 11 is 13.4.